The number of carbonyl (C=O) groups is 2. The summed E-state index contributed by atoms with van der Waals surface area (Å²) in [6, 6.07) is 6.56. The summed E-state index contributed by atoms with van der Waals surface area (Å²) in [7, 11) is 0. The Balaban J connectivity index is 1.85. The predicted octanol–water partition coefficient (Wildman–Crippen LogP) is 3.98. The number of amides is 2. The Kier molecular flexibility index (Phi) is 6.37. The molecule has 6 heteroatoms. The Bertz CT molecular complexity index is 721. The Morgan fingerprint density at radius 3 is 2.63 bits per heavy atom. The summed E-state index contributed by atoms with van der Waals surface area (Å²) in [5.74, 6) is 0.343. The first-order chi connectivity index (χ1) is 13.1. The number of ether oxygens (including phenoxy) is 2. The number of hydrogen-bond donors (Lipinski definition) is 2. The van der Waals surface area contributed by atoms with Gasteiger partial charge in [-0.1, -0.05) is 25.0 Å². The van der Waals surface area contributed by atoms with Crippen molar-refractivity contribution in [2.45, 2.75) is 64.5 Å². The highest BCUT2D eigenvalue weighted by Crippen LogP contribution is 2.31. The molecular formula is C21H28N2O4. The van der Waals surface area contributed by atoms with Gasteiger partial charge >= 0.3 is 12.0 Å². The molecular weight excluding hydrogens is 344 g/mol. The number of benzene rings is 1. The summed E-state index contributed by atoms with van der Waals surface area (Å²) >= 11 is 0. The van der Waals surface area contributed by atoms with Gasteiger partial charge in [-0.15, -0.1) is 0 Å². The Morgan fingerprint density at radius 2 is 1.93 bits per heavy atom. The third-order valence-corrected chi connectivity index (χ3v) is 5.07. The van der Waals surface area contributed by atoms with E-state index in [4.69, 9.17) is 9.47 Å². The summed E-state index contributed by atoms with van der Waals surface area (Å²) in [6.07, 6.45) is 6.33. The minimum Gasteiger partial charge on any atom is -0.494 e. The molecule has 0 saturated heterocycles. The van der Waals surface area contributed by atoms with E-state index in [2.05, 4.69) is 10.6 Å². The quantitative estimate of drug-likeness (QED) is 0.605. The first kappa shape index (κ1) is 19.3. The molecule has 0 spiro atoms. The lowest BCUT2D eigenvalue weighted by Crippen LogP contribution is -2.45. The molecule has 1 saturated carbocycles. The van der Waals surface area contributed by atoms with Gasteiger partial charge < -0.3 is 20.1 Å². The van der Waals surface area contributed by atoms with Crippen molar-refractivity contribution in [1.29, 1.82) is 0 Å². The molecule has 2 N–H and O–H groups in total. The third kappa shape index (κ3) is 4.81. The molecule has 3 rings (SSSR count). The molecule has 2 amide bonds. The third-order valence-electron chi connectivity index (χ3n) is 5.07. The zero-order valence-electron chi connectivity index (χ0n) is 16.0. The van der Waals surface area contributed by atoms with E-state index in [9.17, 15) is 9.59 Å². The highest BCUT2D eigenvalue weighted by atomic mass is 16.5. The van der Waals surface area contributed by atoms with Crippen LogP contribution in [-0.4, -0.2) is 24.7 Å². The van der Waals surface area contributed by atoms with Gasteiger partial charge in [-0.05, 0) is 57.2 Å². The smallest absolute Gasteiger partial charge is 0.338 e. The number of rotatable bonds is 5. The summed E-state index contributed by atoms with van der Waals surface area (Å²) in [5.41, 5.74) is 1.78. The van der Waals surface area contributed by atoms with Crippen molar-refractivity contribution in [3.63, 3.8) is 0 Å². The Hall–Kier alpha value is -2.50. The van der Waals surface area contributed by atoms with E-state index in [0.29, 0.717) is 23.6 Å². The van der Waals surface area contributed by atoms with Gasteiger partial charge in [0.15, 0.2) is 0 Å². The average molecular weight is 372 g/mol. The molecule has 27 heavy (non-hydrogen) atoms. The zero-order valence-corrected chi connectivity index (χ0v) is 16.0. The van der Waals surface area contributed by atoms with Crippen LogP contribution in [-0.2, 0) is 9.53 Å². The van der Waals surface area contributed by atoms with Crippen LogP contribution in [0, 0.1) is 0 Å². The van der Waals surface area contributed by atoms with Crippen molar-refractivity contribution in [3.8, 4) is 5.75 Å². The van der Waals surface area contributed by atoms with Crippen molar-refractivity contribution in [1.82, 2.24) is 10.6 Å². The number of carbonyl (C=O) groups excluding carboxylic acids is 2. The summed E-state index contributed by atoms with van der Waals surface area (Å²) in [5, 5.41) is 5.55. The van der Waals surface area contributed by atoms with E-state index in [-0.39, 0.29) is 18.1 Å². The minimum atomic E-state index is -0.558. The van der Waals surface area contributed by atoms with Crippen LogP contribution in [0.5, 0.6) is 5.75 Å². The molecule has 1 fully saturated rings. The molecule has 6 nitrogen and oxygen atoms in total. The van der Waals surface area contributed by atoms with Crippen LogP contribution in [0.25, 0.3) is 0 Å². The topological polar surface area (TPSA) is 76.7 Å². The average Bonchev–Trinajstić information content (AvgIpc) is 2.90. The molecule has 2 aliphatic rings. The van der Waals surface area contributed by atoms with E-state index in [1.54, 1.807) is 6.92 Å². The standard InChI is InChI=1S/C21H28N2O4/c1-3-26-17-12-8-9-15(13-17)19-18(14(2)22-21(25)23-19)20(24)27-16-10-6-4-5-7-11-16/h8-9,12-13,16,19H,3-7,10-11H2,1-2H3,(H2,22,23,25)/t19-/m1/s1. The molecule has 0 aromatic heterocycles. The second kappa shape index (κ2) is 8.93. The molecule has 0 radical (unpaired) electrons. The number of allylic oxidation sites excluding steroid dienone is 1. The molecule has 1 aliphatic carbocycles. The fraction of sp³-hybridized carbons (Fsp3) is 0.524. The monoisotopic (exact) mass is 372 g/mol. The summed E-state index contributed by atoms with van der Waals surface area (Å²) in [4.78, 5) is 25.0. The molecule has 1 aliphatic heterocycles. The lowest BCUT2D eigenvalue weighted by Gasteiger charge is -2.29. The summed E-state index contributed by atoms with van der Waals surface area (Å²) < 4.78 is 11.4. The maximum Gasteiger partial charge on any atom is 0.338 e. The van der Waals surface area contributed by atoms with Gasteiger partial charge in [-0.2, -0.15) is 0 Å². The maximum absolute atomic E-state index is 13.0. The van der Waals surface area contributed by atoms with E-state index in [0.717, 1.165) is 31.2 Å². The van der Waals surface area contributed by atoms with Crippen molar-refractivity contribution < 1.29 is 19.1 Å². The van der Waals surface area contributed by atoms with Gasteiger partial charge in [-0.25, -0.2) is 9.59 Å². The van der Waals surface area contributed by atoms with Crippen molar-refractivity contribution in [2.75, 3.05) is 6.61 Å². The van der Waals surface area contributed by atoms with Crippen molar-refractivity contribution in [3.05, 3.63) is 41.1 Å². The first-order valence-corrected chi connectivity index (χ1v) is 9.80. The number of nitrogens with one attached hydrogen (secondary N) is 2. The number of hydrogen-bond acceptors (Lipinski definition) is 4. The van der Waals surface area contributed by atoms with Crippen LogP contribution in [0.4, 0.5) is 4.79 Å². The molecule has 146 valence electrons. The highest BCUT2D eigenvalue weighted by Gasteiger charge is 2.33. The van der Waals surface area contributed by atoms with Crippen LogP contribution in [0.3, 0.4) is 0 Å². The van der Waals surface area contributed by atoms with Crippen molar-refractivity contribution >= 4 is 12.0 Å². The van der Waals surface area contributed by atoms with Gasteiger partial charge in [0.25, 0.3) is 0 Å². The van der Waals surface area contributed by atoms with Gasteiger partial charge in [0.05, 0.1) is 18.2 Å². The van der Waals surface area contributed by atoms with E-state index < -0.39 is 6.04 Å². The van der Waals surface area contributed by atoms with Crippen LogP contribution in [0.2, 0.25) is 0 Å². The Labute approximate surface area is 160 Å². The lowest BCUT2D eigenvalue weighted by molar-refractivity contribution is -0.145. The minimum absolute atomic E-state index is 0.0478. The fourth-order valence-electron chi connectivity index (χ4n) is 3.74. The SMILES string of the molecule is CCOc1cccc([C@H]2NC(=O)NC(C)=C2C(=O)OC2CCCCCC2)c1. The summed E-state index contributed by atoms with van der Waals surface area (Å²) in [6.45, 7) is 4.20. The fourth-order valence-corrected chi connectivity index (χ4v) is 3.74. The van der Waals surface area contributed by atoms with E-state index in [1.807, 2.05) is 31.2 Å². The van der Waals surface area contributed by atoms with Crippen LogP contribution < -0.4 is 15.4 Å². The predicted molar refractivity (Wildman–Crippen MR) is 102 cm³/mol. The second-order valence-corrected chi connectivity index (χ2v) is 7.09. The first-order valence-electron chi connectivity index (χ1n) is 9.80. The number of urea groups is 1. The zero-order chi connectivity index (χ0) is 19.2. The maximum atomic E-state index is 13.0. The van der Waals surface area contributed by atoms with Crippen LogP contribution in [0.15, 0.2) is 35.5 Å². The van der Waals surface area contributed by atoms with Crippen LogP contribution in [0.1, 0.15) is 64.0 Å². The van der Waals surface area contributed by atoms with Gasteiger partial charge in [-0.3, -0.25) is 0 Å². The van der Waals surface area contributed by atoms with E-state index >= 15 is 0 Å². The second-order valence-electron chi connectivity index (χ2n) is 7.09. The highest BCUT2D eigenvalue weighted by molar-refractivity contribution is 5.95. The molecule has 1 aromatic carbocycles. The number of esters is 1. The van der Waals surface area contributed by atoms with E-state index in [1.165, 1.54) is 12.8 Å². The van der Waals surface area contributed by atoms with Crippen LogP contribution >= 0.6 is 0 Å². The normalized spacial score (nSPS) is 21.1. The van der Waals surface area contributed by atoms with Gasteiger partial charge in [0.1, 0.15) is 11.9 Å². The van der Waals surface area contributed by atoms with Gasteiger partial charge in [0, 0.05) is 5.70 Å². The molecule has 0 unspecified atom stereocenters. The largest absolute Gasteiger partial charge is 0.494 e. The molecule has 1 atom stereocenters. The Morgan fingerprint density at radius 1 is 1.19 bits per heavy atom. The molecule has 0 bridgehead atoms. The van der Waals surface area contributed by atoms with Crippen molar-refractivity contribution in [2.24, 2.45) is 0 Å². The lowest BCUT2D eigenvalue weighted by atomic mass is 9.95. The molecule has 1 aromatic rings. The van der Waals surface area contributed by atoms with Gasteiger partial charge in [0.2, 0.25) is 0 Å². The molecule has 1 heterocycles.